The lowest BCUT2D eigenvalue weighted by atomic mass is 10.1. The standard InChI is InChI=1S/C39H62O6S6/c1-3-5-7-9-11-13-15-17-19-21-23-48-38(46)50-35(28-40)30-44-33-25-32(37(42)43)26-34(27-33)45-31-36(29-41)51-39(47)49-24-22-20-18-16-14-12-10-8-6-4-2/h25-29,35-36H,3-24,30-31H2,1-2H3,(H,42,43)/t35-,36-/m1/s1. The fourth-order valence-electron chi connectivity index (χ4n) is 5.23. The number of aldehydes is 2. The maximum atomic E-state index is 11.8. The Bertz CT molecular complexity index is 1030. The normalized spacial score (nSPS) is 12.3. The molecule has 0 bridgehead atoms. The van der Waals surface area contributed by atoms with E-state index >= 15 is 0 Å². The average Bonchev–Trinajstić information content (AvgIpc) is 3.12. The van der Waals surface area contributed by atoms with E-state index in [0.29, 0.717) is 7.06 Å². The molecule has 0 aliphatic carbocycles. The highest BCUT2D eigenvalue weighted by Crippen LogP contribution is 2.28. The number of carbonyl (C=O) groups is 3. The molecule has 51 heavy (non-hydrogen) atoms. The molecule has 2 atom stereocenters. The van der Waals surface area contributed by atoms with Crippen LogP contribution in [0.2, 0.25) is 0 Å². The highest BCUT2D eigenvalue weighted by Gasteiger charge is 2.17. The molecule has 0 saturated carbocycles. The van der Waals surface area contributed by atoms with Crippen LogP contribution in [0.1, 0.15) is 153 Å². The number of benzene rings is 1. The van der Waals surface area contributed by atoms with Crippen LogP contribution in [0, 0.1) is 0 Å². The van der Waals surface area contributed by atoms with Crippen LogP contribution in [0.25, 0.3) is 0 Å². The van der Waals surface area contributed by atoms with Gasteiger partial charge in [0, 0.05) is 6.07 Å². The Hall–Kier alpha value is -0.790. The zero-order valence-electron chi connectivity index (χ0n) is 30.9. The molecule has 0 unspecified atom stereocenters. The van der Waals surface area contributed by atoms with Crippen LogP contribution in [-0.2, 0) is 9.59 Å². The number of thiocarbonyl (C=S) groups is 2. The lowest BCUT2D eigenvalue weighted by Gasteiger charge is -2.15. The summed E-state index contributed by atoms with van der Waals surface area (Å²) in [5.41, 5.74) is -0.0155. The van der Waals surface area contributed by atoms with Crippen LogP contribution >= 0.6 is 71.5 Å². The van der Waals surface area contributed by atoms with Crippen LogP contribution in [0.15, 0.2) is 18.2 Å². The van der Waals surface area contributed by atoms with Gasteiger partial charge < -0.3 is 24.2 Å². The van der Waals surface area contributed by atoms with Gasteiger partial charge in [-0.25, -0.2) is 4.79 Å². The molecular weight excluding hydrogens is 757 g/mol. The maximum Gasteiger partial charge on any atom is 0.335 e. The summed E-state index contributed by atoms with van der Waals surface area (Å²) < 4.78 is 13.1. The van der Waals surface area contributed by atoms with E-state index in [1.54, 1.807) is 29.6 Å². The monoisotopic (exact) mass is 818 g/mol. The molecule has 0 aliphatic heterocycles. The van der Waals surface area contributed by atoms with Crippen molar-refractivity contribution in [3.05, 3.63) is 23.8 Å². The molecule has 1 aromatic rings. The molecule has 0 saturated heterocycles. The molecule has 0 radical (unpaired) electrons. The zero-order valence-corrected chi connectivity index (χ0v) is 35.8. The van der Waals surface area contributed by atoms with E-state index < -0.39 is 16.5 Å². The van der Waals surface area contributed by atoms with Crippen molar-refractivity contribution in [2.24, 2.45) is 0 Å². The maximum absolute atomic E-state index is 11.8. The lowest BCUT2D eigenvalue weighted by molar-refractivity contribution is -0.108. The predicted octanol–water partition coefficient (Wildman–Crippen LogP) is 12.6. The molecule has 0 aliphatic rings. The highest BCUT2D eigenvalue weighted by molar-refractivity contribution is 8.48. The molecule has 12 heteroatoms. The second kappa shape index (κ2) is 33.8. The molecule has 0 heterocycles. The van der Waals surface area contributed by atoms with Gasteiger partial charge in [0.1, 0.15) is 54.8 Å². The lowest BCUT2D eigenvalue weighted by Crippen LogP contribution is -2.18. The number of ether oxygens (including phenoxy) is 2. The molecule has 1 rings (SSSR count). The van der Waals surface area contributed by atoms with Gasteiger partial charge in [-0.3, -0.25) is 0 Å². The number of rotatable bonds is 33. The van der Waals surface area contributed by atoms with E-state index in [-0.39, 0.29) is 30.3 Å². The number of carboxylic acid groups (broad SMARTS) is 1. The Balaban J connectivity index is 2.40. The topological polar surface area (TPSA) is 89.9 Å². The molecule has 6 nitrogen and oxygen atoms in total. The minimum atomic E-state index is -1.14. The molecule has 1 aromatic carbocycles. The number of carboxylic acids is 1. The molecule has 0 spiro atoms. The van der Waals surface area contributed by atoms with Crippen molar-refractivity contribution in [3.63, 3.8) is 0 Å². The number of aromatic carboxylic acids is 1. The first-order valence-electron chi connectivity index (χ1n) is 19.0. The third-order valence-corrected chi connectivity index (χ3v) is 13.7. The Morgan fingerprint density at radius 3 is 1.25 bits per heavy atom. The molecular formula is C39H62O6S6. The van der Waals surface area contributed by atoms with Crippen molar-refractivity contribution in [2.45, 2.75) is 153 Å². The summed E-state index contributed by atoms with van der Waals surface area (Å²) in [6.07, 6.45) is 27.3. The number of hydrogen-bond donors (Lipinski definition) is 1. The molecule has 0 fully saturated rings. The summed E-state index contributed by atoms with van der Waals surface area (Å²) in [5, 5.41) is 8.61. The van der Waals surface area contributed by atoms with Gasteiger partial charge in [0.25, 0.3) is 0 Å². The number of unbranched alkanes of at least 4 members (excludes halogenated alkanes) is 18. The van der Waals surface area contributed by atoms with E-state index in [2.05, 4.69) is 13.8 Å². The average molecular weight is 819 g/mol. The smallest absolute Gasteiger partial charge is 0.335 e. The summed E-state index contributed by atoms with van der Waals surface area (Å²) >= 11 is 16.8. The Morgan fingerprint density at radius 2 is 0.941 bits per heavy atom. The minimum Gasteiger partial charge on any atom is -0.492 e. The summed E-state index contributed by atoms with van der Waals surface area (Å²) in [7, 11) is 0. The molecule has 1 N–H and O–H groups in total. The van der Waals surface area contributed by atoms with Crippen LogP contribution in [0.4, 0.5) is 0 Å². The van der Waals surface area contributed by atoms with Gasteiger partial charge in [0.2, 0.25) is 0 Å². The van der Waals surface area contributed by atoms with E-state index in [4.69, 9.17) is 33.9 Å². The Kier molecular flexibility index (Phi) is 31.9. The zero-order chi connectivity index (χ0) is 37.4. The SMILES string of the molecule is CCCCCCCCCCCCSC(=S)S[C@H](C=O)COc1cc(OC[C@@H](C=O)SC(=S)SCCCCCCCCCCCC)cc(C(=O)O)c1. The second-order valence-electron chi connectivity index (χ2n) is 12.8. The number of carbonyl (C=O) groups excluding carboxylic acids is 2. The fraction of sp³-hybridized carbons (Fsp3) is 0.718. The first kappa shape index (κ1) is 48.2. The van der Waals surface area contributed by atoms with Crippen molar-refractivity contribution in [1.82, 2.24) is 0 Å². The van der Waals surface area contributed by atoms with Gasteiger partial charge in [-0.15, -0.1) is 23.5 Å². The van der Waals surface area contributed by atoms with Gasteiger partial charge in [0.05, 0.1) is 5.56 Å². The number of thioether (sulfide) groups is 4. The summed E-state index contributed by atoms with van der Waals surface area (Å²) in [5.74, 6) is 1.25. The number of hydrogen-bond acceptors (Lipinski definition) is 11. The molecule has 0 aromatic heterocycles. The van der Waals surface area contributed by atoms with Crippen LogP contribution < -0.4 is 9.47 Å². The summed E-state index contributed by atoms with van der Waals surface area (Å²) in [4.78, 5) is 35.4. The first-order valence-corrected chi connectivity index (χ1v) is 23.6. The predicted molar refractivity (Wildman–Crippen MR) is 233 cm³/mol. The third-order valence-electron chi connectivity index (χ3n) is 8.19. The van der Waals surface area contributed by atoms with Crippen molar-refractivity contribution in [1.29, 1.82) is 0 Å². The van der Waals surface area contributed by atoms with Crippen molar-refractivity contribution < 1.29 is 29.0 Å². The Morgan fingerprint density at radius 1 is 0.608 bits per heavy atom. The van der Waals surface area contributed by atoms with Crippen LogP contribution in [-0.4, -0.2) is 65.9 Å². The van der Waals surface area contributed by atoms with Gasteiger partial charge in [-0.2, -0.15) is 0 Å². The van der Waals surface area contributed by atoms with Gasteiger partial charge in [0.15, 0.2) is 0 Å². The van der Waals surface area contributed by atoms with E-state index in [1.807, 2.05) is 0 Å². The van der Waals surface area contributed by atoms with E-state index in [9.17, 15) is 19.5 Å². The van der Waals surface area contributed by atoms with Crippen molar-refractivity contribution in [2.75, 3.05) is 24.7 Å². The van der Waals surface area contributed by atoms with Crippen LogP contribution in [0.3, 0.4) is 0 Å². The summed E-state index contributed by atoms with van der Waals surface area (Å²) in [6, 6.07) is 4.36. The quantitative estimate of drug-likeness (QED) is 0.0416. The highest BCUT2D eigenvalue weighted by atomic mass is 32.2. The third kappa shape index (κ3) is 27.5. The van der Waals surface area contributed by atoms with Crippen molar-refractivity contribution in [3.8, 4) is 11.5 Å². The molecule has 0 amide bonds. The second-order valence-corrected chi connectivity index (χ2v) is 19.8. The fourth-order valence-corrected chi connectivity index (χ4v) is 10.2. The first-order chi connectivity index (χ1) is 24.8. The van der Waals surface area contributed by atoms with E-state index in [1.165, 1.54) is 151 Å². The Labute approximate surface area is 336 Å². The molecule has 290 valence electrons. The largest absolute Gasteiger partial charge is 0.492 e. The minimum absolute atomic E-state index is 0.0155. The van der Waals surface area contributed by atoms with Gasteiger partial charge >= 0.3 is 5.97 Å². The van der Waals surface area contributed by atoms with Crippen molar-refractivity contribution >= 4 is 97.1 Å². The van der Waals surface area contributed by atoms with Gasteiger partial charge in [-0.1, -0.05) is 177 Å². The van der Waals surface area contributed by atoms with Crippen LogP contribution in [0.5, 0.6) is 11.5 Å². The van der Waals surface area contributed by atoms with Gasteiger partial charge in [-0.05, 0) is 36.5 Å². The van der Waals surface area contributed by atoms with E-state index in [0.717, 1.165) is 36.9 Å². The summed E-state index contributed by atoms with van der Waals surface area (Å²) in [6.45, 7) is 4.56.